The van der Waals surface area contributed by atoms with E-state index in [2.05, 4.69) is 31.3 Å². The largest absolute Gasteiger partial charge is 0.394 e. The highest BCUT2D eigenvalue weighted by Crippen LogP contribution is 2.33. The molecule has 1 aromatic rings. The Balaban J connectivity index is 2.31. The molecule has 0 spiro atoms. The maximum absolute atomic E-state index is 9.81. The molecule has 1 saturated carbocycles. The van der Waals surface area contributed by atoms with Gasteiger partial charge in [0.05, 0.1) is 12.1 Å². The van der Waals surface area contributed by atoms with E-state index in [-0.39, 0.29) is 12.1 Å². The summed E-state index contributed by atoms with van der Waals surface area (Å²) < 4.78 is 0. The first kappa shape index (κ1) is 11.6. The zero-order valence-electron chi connectivity index (χ0n) is 10.1. The van der Waals surface area contributed by atoms with E-state index in [1.165, 1.54) is 18.4 Å². The van der Waals surface area contributed by atoms with Crippen LogP contribution in [0.4, 0.5) is 0 Å². The molecule has 2 heteroatoms. The summed E-state index contributed by atoms with van der Waals surface area (Å²) in [5, 5.41) is 13.4. The van der Waals surface area contributed by atoms with Crippen LogP contribution >= 0.6 is 0 Å². The third-order valence-corrected chi connectivity index (χ3v) is 3.56. The first-order valence-electron chi connectivity index (χ1n) is 6.13. The Bertz CT molecular complexity index is 332. The number of aliphatic hydroxyl groups excluding tert-OH is 1. The molecule has 1 unspecified atom stereocenters. The zero-order chi connectivity index (χ0) is 11.6. The Kier molecular flexibility index (Phi) is 3.31. The molecule has 2 rings (SSSR count). The van der Waals surface area contributed by atoms with Crippen LogP contribution < -0.4 is 5.32 Å². The summed E-state index contributed by atoms with van der Waals surface area (Å²) in [6.07, 6.45) is 2.47. The lowest BCUT2D eigenvalue weighted by Crippen LogP contribution is -2.50. The minimum absolute atomic E-state index is 0.158. The van der Waals surface area contributed by atoms with Gasteiger partial charge >= 0.3 is 0 Å². The van der Waals surface area contributed by atoms with Gasteiger partial charge in [-0.1, -0.05) is 44.2 Å². The fraction of sp³-hybridized carbons (Fsp3) is 0.571. The molecule has 0 heterocycles. The quantitative estimate of drug-likeness (QED) is 0.796. The van der Waals surface area contributed by atoms with Crippen molar-refractivity contribution in [3.8, 4) is 0 Å². The monoisotopic (exact) mass is 219 g/mol. The third-order valence-electron chi connectivity index (χ3n) is 3.56. The third kappa shape index (κ3) is 2.13. The lowest BCUT2D eigenvalue weighted by atomic mass is 9.80. The van der Waals surface area contributed by atoms with E-state index in [1.54, 1.807) is 0 Å². The summed E-state index contributed by atoms with van der Waals surface area (Å²) in [6, 6.07) is 10.9. The first-order valence-corrected chi connectivity index (χ1v) is 6.13. The highest BCUT2D eigenvalue weighted by molar-refractivity contribution is 5.26. The summed E-state index contributed by atoms with van der Waals surface area (Å²) >= 11 is 0. The SMILES string of the molecule is CC(C)C(CO)(NC1CC1)c1ccccc1. The Morgan fingerprint density at radius 2 is 1.94 bits per heavy atom. The lowest BCUT2D eigenvalue weighted by Gasteiger charge is -2.38. The number of nitrogens with one attached hydrogen (secondary N) is 1. The van der Waals surface area contributed by atoms with Crippen LogP contribution in [0.2, 0.25) is 0 Å². The number of rotatable bonds is 5. The minimum Gasteiger partial charge on any atom is -0.394 e. The zero-order valence-corrected chi connectivity index (χ0v) is 10.1. The smallest absolute Gasteiger partial charge is 0.0694 e. The minimum atomic E-state index is -0.275. The van der Waals surface area contributed by atoms with Crippen LogP contribution in [-0.4, -0.2) is 17.8 Å². The predicted molar refractivity (Wildman–Crippen MR) is 66.2 cm³/mol. The molecule has 0 saturated heterocycles. The highest BCUT2D eigenvalue weighted by atomic mass is 16.3. The van der Waals surface area contributed by atoms with Gasteiger partial charge in [0.25, 0.3) is 0 Å². The van der Waals surface area contributed by atoms with Crippen molar-refractivity contribution in [2.75, 3.05) is 6.61 Å². The van der Waals surface area contributed by atoms with E-state index < -0.39 is 0 Å². The number of aliphatic hydroxyl groups is 1. The van der Waals surface area contributed by atoms with Gasteiger partial charge in [0.2, 0.25) is 0 Å². The van der Waals surface area contributed by atoms with Crippen LogP contribution in [0.15, 0.2) is 30.3 Å². The van der Waals surface area contributed by atoms with Crippen LogP contribution in [-0.2, 0) is 5.54 Å². The van der Waals surface area contributed by atoms with E-state index in [4.69, 9.17) is 0 Å². The molecular weight excluding hydrogens is 198 g/mol. The molecule has 0 aliphatic heterocycles. The molecule has 88 valence electrons. The standard InChI is InChI=1S/C14H21NO/c1-11(2)14(10-16,15-13-8-9-13)12-6-4-3-5-7-12/h3-7,11,13,15-16H,8-10H2,1-2H3. The Hall–Kier alpha value is -0.860. The first-order chi connectivity index (χ1) is 7.69. The second-order valence-electron chi connectivity index (χ2n) is 5.07. The molecule has 1 aliphatic carbocycles. The van der Waals surface area contributed by atoms with Gasteiger partial charge in [-0.25, -0.2) is 0 Å². The van der Waals surface area contributed by atoms with Crippen molar-refractivity contribution in [2.45, 2.75) is 38.3 Å². The van der Waals surface area contributed by atoms with Gasteiger partial charge in [-0.2, -0.15) is 0 Å². The van der Waals surface area contributed by atoms with Gasteiger partial charge in [-0.3, -0.25) is 0 Å². The topological polar surface area (TPSA) is 32.3 Å². The van der Waals surface area contributed by atoms with Crippen molar-refractivity contribution >= 4 is 0 Å². The van der Waals surface area contributed by atoms with Crippen LogP contribution in [0.3, 0.4) is 0 Å². The summed E-state index contributed by atoms with van der Waals surface area (Å²) in [5.41, 5.74) is 0.919. The second kappa shape index (κ2) is 4.56. The van der Waals surface area contributed by atoms with Crippen LogP contribution in [0.1, 0.15) is 32.3 Å². The normalized spacial score (nSPS) is 19.8. The molecule has 1 fully saturated rings. The van der Waals surface area contributed by atoms with E-state index in [1.807, 2.05) is 18.2 Å². The van der Waals surface area contributed by atoms with Gasteiger partial charge < -0.3 is 10.4 Å². The van der Waals surface area contributed by atoms with Crippen LogP contribution in [0, 0.1) is 5.92 Å². The van der Waals surface area contributed by atoms with Gasteiger partial charge in [0, 0.05) is 6.04 Å². The van der Waals surface area contributed by atoms with Crippen molar-refractivity contribution in [3.05, 3.63) is 35.9 Å². The average Bonchev–Trinajstić information content (AvgIpc) is 3.10. The molecule has 0 aromatic heterocycles. The summed E-state index contributed by atoms with van der Waals surface area (Å²) in [7, 11) is 0. The molecule has 1 aromatic carbocycles. The van der Waals surface area contributed by atoms with E-state index in [9.17, 15) is 5.11 Å². The lowest BCUT2D eigenvalue weighted by molar-refractivity contribution is 0.114. The maximum Gasteiger partial charge on any atom is 0.0694 e. The number of hydrogen-bond acceptors (Lipinski definition) is 2. The van der Waals surface area contributed by atoms with Crippen LogP contribution in [0.5, 0.6) is 0 Å². The molecule has 0 radical (unpaired) electrons. The van der Waals surface area contributed by atoms with Gasteiger partial charge in [0.15, 0.2) is 0 Å². The van der Waals surface area contributed by atoms with Crippen molar-refractivity contribution in [2.24, 2.45) is 5.92 Å². The number of benzene rings is 1. The van der Waals surface area contributed by atoms with Crippen molar-refractivity contribution in [3.63, 3.8) is 0 Å². The summed E-state index contributed by atoms with van der Waals surface area (Å²) in [4.78, 5) is 0. The van der Waals surface area contributed by atoms with E-state index in [0.29, 0.717) is 12.0 Å². The van der Waals surface area contributed by atoms with Crippen molar-refractivity contribution in [1.29, 1.82) is 0 Å². The molecule has 1 atom stereocenters. The average molecular weight is 219 g/mol. The fourth-order valence-corrected chi connectivity index (χ4v) is 2.23. The molecule has 2 N–H and O–H groups in total. The summed E-state index contributed by atoms with van der Waals surface area (Å²) in [5.74, 6) is 0.375. The van der Waals surface area contributed by atoms with Gasteiger partial charge in [-0.05, 0) is 24.3 Å². The van der Waals surface area contributed by atoms with Gasteiger partial charge in [0.1, 0.15) is 0 Å². The Labute approximate surface area is 97.7 Å². The van der Waals surface area contributed by atoms with Crippen molar-refractivity contribution in [1.82, 2.24) is 5.32 Å². The Morgan fingerprint density at radius 1 is 1.31 bits per heavy atom. The maximum atomic E-state index is 9.81. The van der Waals surface area contributed by atoms with Crippen molar-refractivity contribution < 1.29 is 5.11 Å². The van der Waals surface area contributed by atoms with E-state index in [0.717, 1.165) is 0 Å². The molecular formula is C14H21NO. The number of hydrogen-bond donors (Lipinski definition) is 2. The molecule has 0 bridgehead atoms. The van der Waals surface area contributed by atoms with Gasteiger partial charge in [-0.15, -0.1) is 0 Å². The fourth-order valence-electron chi connectivity index (χ4n) is 2.23. The summed E-state index contributed by atoms with van der Waals surface area (Å²) in [6.45, 7) is 4.49. The Morgan fingerprint density at radius 3 is 2.38 bits per heavy atom. The molecule has 1 aliphatic rings. The highest BCUT2D eigenvalue weighted by Gasteiger charge is 2.39. The van der Waals surface area contributed by atoms with E-state index >= 15 is 0 Å². The molecule has 2 nitrogen and oxygen atoms in total. The predicted octanol–water partition coefficient (Wildman–Crippen LogP) is 2.28. The molecule has 16 heavy (non-hydrogen) atoms. The second-order valence-corrected chi connectivity index (χ2v) is 5.07. The molecule has 0 amide bonds. The van der Waals surface area contributed by atoms with Crippen LogP contribution in [0.25, 0.3) is 0 Å².